The van der Waals surface area contributed by atoms with Crippen molar-refractivity contribution in [1.29, 1.82) is 0 Å². The maximum absolute atomic E-state index is 12.6. The van der Waals surface area contributed by atoms with Crippen LogP contribution in [-0.4, -0.2) is 21.4 Å². The van der Waals surface area contributed by atoms with E-state index in [0.29, 0.717) is 0 Å². The summed E-state index contributed by atoms with van der Waals surface area (Å²) in [5.41, 5.74) is 3.87. The number of aryl methyl sites for hydroxylation is 1. The largest absolute Gasteiger partial charge is 0.342 e. The first-order chi connectivity index (χ1) is 14.4. The van der Waals surface area contributed by atoms with Gasteiger partial charge >= 0.3 is 0 Å². The summed E-state index contributed by atoms with van der Waals surface area (Å²) in [7, 11) is -2.11. The van der Waals surface area contributed by atoms with E-state index in [0.717, 1.165) is 22.3 Å². The van der Waals surface area contributed by atoms with E-state index in [4.69, 9.17) is 0 Å². The van der Waals surface area contributed by atoms with Crippen molar-refractivity contribution in [1.82, 2.24) is 10.0 Å². The Hall–Kier alpha value is -3.22. The van der Waals surface area contributed by atoms with Crippen LogP contribution in [0, 0.1) is 6.92 Å². The topological polar surface area (TPSA) is 75.3 Å². The van der Waals surface area contributed by atoms with Gasteiger partial charge in [0.25, 0.3) is 0 Å². The molecule has 0 saturated carbocycles. The van der Waals surface area contributed by atoms with Crippen molar-refractivity contribution < 1.29 is 13.2 Å². The number of amides is 1. The van der Waals surface area contributed by atoms with Crippen LogP contribution in [0.2, 0.25) is 0 Å². The number of nitrogens with one attached hydrogen (secondary N) is 2. The maximum atomic E-state index is 12.6. The second-order valence-electron chi connectivity index (χ2n) is 6.87. The molecule has 0 aliphatic carbocycles. The average Bonchev–Trinajstić information content (AvgIpc) is 2.77. The van der Waals surface area contributed by atoms with E-state index in [1.807, 2.05) is 61.5 Å². The van der Waals surface area contributed by atoms with Gasteiger partial charge in [-0.1, -0.05) is 72.3 Å². The van der Waals surface area contributed by atoms with Crippen molar-refractivity contribution >= 4 is 22.0 Å². The molecule has 0 spiro atoms. The fourth-order valence-corrected chi connectivity index (χ4v) is 3.73. The summed E-state index contributed by atoms with van der Waals surface area (Å²) in [5, 5.41) is 3.05. The highest BCUT2D eigenvalue weighted by Crippen LogP contribution is 2.22. The summed E-state index contributed by atoms with van der Waals surface area (Å²) in [6.45, 7) is 2.02. The number of sulfonamides is 1. The summed E-state index contributed by atoms with van der Waals surface area (Å²) in [6.07, 6.45) is 3.11. The number of benzene rings is 3. The van der Waals surface area contributed by atoms with E-state index in [1.165, 1.54) is 25.3 Å². The Morgan fingerprint density at radius 2 is 1.47 bits per heavy atom. The normalized spacial score (nSPS) is 12.6. The molecule has 0 aromatic heterocycles. The van der Waals surface area contributed by atoms with Crippen LogP contribution in [0.4, 0.5) is 0 Å². The van der Waals surface area contributed by atoms with Gasteiger partial charge in [-0.25, -0.2) is 13.1 Å². The Kier molecular flexibility index (Phi) is 6.82. The molecule has 1 unspecified atom stereocenters. The van der Waals surface area contributed by atoms with Crippen LogP contribution in [0.15, 0.2) is 89.8 Å². The number of hydrogen-bond acceptors (Lipinski definition) is 3. The smallest absolute Gasteiger partial charge is 0.244 e. The number of hydrogen-bond donors (Lipinski definition) is 2. The van der Waals surface area contributed by atoms with Gasteiger partial charge in [-0.05, 0) is 48.9 Å². The zero-order chi connectivity index (χ0) is 21.6. The lowest BCUT2D eigenvalue weighted by atomic mass is 9.98. The molecule has 3 aromatic rings. The van der Waals surface area contributed by atoms with Crippen LogP contribution in [0.5, 0.6) is 0 Å². The Morgan fingerprint density at radius 1 is 0.867 bits per heavy atom. The summed E-state index contributed by atoms with van der Waals surface area (Å²) in [5.74, 6) is -0.239. The number of carbonyl (C=O) groups is 1. The molecule has 0 fully saturated rings. The van der Waals surface area contributed by atoms with Gasteiger partial charge in [-0.3, -0.25) is 4.79 Å². The average molecular weight is 421 g/mol. The number of carbonyl (C=O) groups excluding carboxylic acids is 1. The third-order valence-electron chi connectivity index (χ3n) is 4.72. The molecule has 30 heavy (non-hydrogen) atoms. The first kappa shape index (κ1) is 21.5. The minimum atomic E-state index is -3.48. The van der Waals surface area contributed by atoms with Crippen LogP contribution >= 0.6 is 0 Å². The fourth-order valence-electron chi connectivity index (χ4n) is 3.00. The molecule has 6 heteroatoms. The van der Waals surface area contributed by atoms with Gasteiger partial charge in [0, 0.05) is 6.08 Å². The molecule has 0 saturated heterocycles. The van der Waals surface area contributed by atoms with E-state index in [9.17, 15) is 13.2 Å². The molecule has 2 N–H and O–H groups in total. The highest BCUT2D eigenvalue weighted by molar-refractivity contribution is 7.89. The van der Waals surface area contributed by atoms with Crippen molar-refractivity contribution in [2.75, 3.05) is 7.05 Å². The van der Waals surface area contributed by atoms with Crippen molar-refractivity contribution in [2.45, 2.75) is 17.9 Å². The van der Waals surface area contributed by atoms with Gasteiger partial charge in [0.1, 0.15) is 0 Å². The molecule has 1 atom stereocenters. The van der Waals surface area contributed by atoms with Crippen molar-refractivity contribution in [3.63, 3.8) is 0 Å². The Bertz CT molecular complexity index is 1120. The Labute approximate surface area is 177 Å². The lowest BCUT2D eigenvalue weighted by molar-refractivity contribution is -0.116. The molecule has 5 nitrogen and oxygen atoms in total. The molecule has 0 aliphatic rings. The third kappa shape index (κ3) is 5.43. The van der Waals surface area contributed by atoms with E-state index >= 15 is 0 Å². The van der Waals surface area contributed by atoms with Crippen LogP contribution in [-0.2, 0) is 14.8 Å². The molecule has 0 radical (unpaired) electrons. The quantitative estimate of drug-likeness (QED) is 0.571. The van der Waals surface area contributed by atoms with E-state index in [2.05, 4.69) is 10.0 Å². The van der Waals surface area contributed by atoms with Crippen LogP contribution < -0.4 is 10.0 Å². The van der Waals surface area contributed by atoms with Crippen LogP contribution in [0.1, 0.15) is 28.3 Å². The minimum absolute atomic E-state index is 0.176. The zero-order valence-electron chi connectivity index (χ0n) is 16.9. The molecule has 0 aliphatic heterocycles. The Balaban J connectivity index is 1.77. The second kappa shape index (κ2) is 9.52. The van der Waals surface area contributed by atoms with Crippen LogP contribution in [0.3, 0.4) is 0 Å². The van der Waals surface area contributed by atoms with Gasteiger partial charge in [0.2, 0.25) is 15.9 Å². The molecular weight excluding hydrogens is 396 g/mol. The highest BCUT2D eigenvalue weighted by Gasteiger charge is 2.15. The first-order valence-electron chi connectivity index (χ1n) is 9.53. The molecule has 0 bridgehead atoms. The SMILES string of the molecule is CNS(=O)(=O)c1ccc(/C=C/C(=O)NC(c2ccccc2)c2ccc(C)cc2)cc1. The first-order valence-corrected chi connectivity index (χ1v) is 11.0. The molecule has 3 aromatic carbocycles. The maximum Gasteiger partial charge on any atom is 0.244 e. The molecule has 154 valence electrons. The predicted octanol–water partition coefficient (Wildman–Crippen LogP) is 3.82. The minimum Gasteiger partial charge on any atom is -0.342 e. The molecular formula is C24H24N2O3S. The molecule has 3 rings (SSSR count). The summed E-state index contributed by atoms with van der Waals surface area (Å²) >= 11 is 0. The van der Waals surface area contributed by atoms with Gasteiger partial charge in [0.05, 0.1) is 10.9 Å². The van der Waals surface area contributed by atoms with Gasteiger partial charge < -0.3 is 5.32 Å². The third-order valence-corrected chi connectivity index (χ3v) is 6.15. The fraction of sp³-hybridized carbons (Fsp3) is 0.125. The summed E-state index contributed by atoms with van der Waals surface area (Å²) in [6, 6.07) is 23.9. The van der Waals surface area contributed by atoms with E-state index in [1.54, 1.807) is 18.2 Å². The standard InChI is InChI=1S/C24H24N2O3S/c1-18-8-13-21(14-9-18)24(20-6-4-3-5-7-20)26-23(27)17-12-19-10-15-22(16-11-19)30(28,29)25-2/h3-17,24-25H,1-2H3,(H,26,27)/b17-12+. The van der Waals surface area contributed by atoms with Crippen molar-refractivity contribution in [3.05, 3.63) is 107 Å². The Morgan fingerprint density at radius 3 is 2.07 bits per heavy atom. The summed E-state index contributed by atoms with van der Waals surface area (Å²) in [4.78, 5) is 12.8. The van der Waals surface area contributed by atoms with E-state index < -0.39 is 10.0 Å². The van der Waals surface area contributed by atoms with Crippen LogP contribution in [0.25, 0.3) is 6.08 Å². The lowest BCUT2D eigenvalue weighted by Gasteiger charge is -2.19. The molecule has 1 amide bonds. The second-order valence-corrected chi connectivity index (χ2v) is 8.76. The number of rotatable bonds is 7. The predicted molar refractivity (Wildman–Crippen MR) is 119 cm³/mol. The highest BCUT2D eigenvalue weighted by atomic mass is 32.2. The van der Waals surface area contributed by atoms with E-state index in [-0.39, 0.29) is 16.8 Å². The molecule has 0 heterocycles. The summed E-state index contributed by atoms with van der Waals surface area (Å²) < 4.78 is 25.9. The zero-order valence-corrected chi connectivity index (χ0v) is 17.7. The van der Waals surface area contributed by atoms with Gasteiger partial charge in [-0.15, -0.1) is 0 Å². The van der Waals surface area contributed by atoms with Gasteiger partial charge in [0.15, 0.2) is 0 Å². The monoisotopic (exact) mass is 420 g/mol. The lowest BCUT2D eigenvalue weighted by Crippen LogP contribution is -2.27. The van der Waals surface area contributed by atoms with Crippen molar-refractivity contribution in [3.8, 4) is 0 Å². The van der Waals surface area contributed by atoms with Crippen molar-refractivity contribution in [2.24, 2.45) is 0 Å². The van der Waals surface area contributed by atoms with Gasteiger partial charge in [-0.2, -0.15) is 0 Å².